The summed E-state index contributed by atoms with van der Waals surface area (Å²) in [6.45, 7) is 1.75. The predicted octanol–water partition coefficient (Wildman–Crippen LogP) is 1.54. The van der Waals surface area contributed by atoms with Crippen LogP contribution in [0.15, 0.2) is 16.7 Å². The molecule has 1 rings (SSSR count). The van der Waals surface area contributed by atoms with Gasteiger partial charge in [0.2, 0.25) is 0 Å². The van der Waals surface area contributed by atoms with E-state index in [-0.39, 0.29) is 0 Å². The standard InChI is InChI=1S/C7H8BrNO3S/c1-5-2-6(4-13(10,11)12)7(8)3-9-5/h2-3H,4H2,1H3,(H,10,11,12). The lowest BCUT2D eigenvalue weighted by Crippen LogP contribution is -2.03. The summed E-state index contributed by atoms with van der Waals surface area (Å²) in [6.07, 6.45) is 1.51. The Kier molecular flexibility index (Phi) is 3.05. The number of hydrogen-bond acceptors (Lipinski definition) is 3. The van der Waals surface area contributed by atoms with Crippen LogP contribution in [0, 0.1) is 6.92 Å². The molecule has 1 aromatic rings. The molecule has 0 aliphatic heterocycles. The minimum Gasteiger partial charge on any atom is -0.285 e. The Labute approximate surface area is 84.9 Å². The van der Waals surface area contributed by atoms with Crippen molar-refractivity contribution in [3.05, 3.63) is 28.0 Å². The second-order valence-electron chi connectivity index (χ2n) is 2.64. The largest absolute Gasteiger partial charge is 0.285 e. The molecule has 0 unspecified atom stereocenters. The normalized spacial score (nSPS) is 11.6. The molecule has 1 aromatic heterocycles. The minimum absolute atomic E-state index is 0.392. The molecule has 6 heteroatoms. The van der Waals surface area contributed by atoms with Gasteiger partial charge >= 0.3 is 0 Å². The lowest BCUT2D eigenvalue weighted by molar-refractivity contribution is 0.482. The van der Waals surface area contributed by atoms with Crippen LogP contribution in [0.2, 0.25) is 0 Å². The van der Waals surface area contributed by atoms with Gasteiger partial charge in [0.05, 0.1) is 0 Å². The highest BCUT2D eigenvalue weighted by Gasteiger charge is 2.10. The molecule has 0 saturated heterocycles. The molecule has 72 valence electrons. The van der Waals surface area contributed by atoms with Crippen LogP contribution in [0.3, 0.4) is 0 Å². The molecule has 0 atom stereocenters. The topological polar surface area (TPSA) is 67.3 Å². The van der Waals surface area contributed by atoms with Crippen molar-refractivity contribution >= 4 is 26.0 Å². The maximum atomic E-state index is 10.6. The number of halogens is 1. The number of aromatic nitrogens is 1. The Bertz CT molecular complexity index is 416. The van der Waals surface area contributed by atoms with Crippen molar-refractivity contribution in [2.24, 2.45) is 0 Å². The third kappa shape index (κ3) is 3.41. The van der Waals surface area contributed by atoms with Crippen molar-refractivity contribution in [3.63, 3.8) is 0 Å². The molecular weight excluding hydrogens is 258 g/mol. The highest BCUT2D eigenvalue weighted by Crippen LogP contribution is 2.18. The molecule has 0 aliphatic carbocycles. The Morgan fingerprint density at radius 3 is 2.77 bits per heavy atom. The summed E-state index contributed by atoms with van der Waals surface area (Å²) in [7, 11) is -3.97. The third-order valence-electron chi connectivity index (χ3n) is 1.41. The van der Waals surface area contributed by atoms with Gasteiger partial charge in [-0.05, 0) is 34.5 Å². The van der Waals surface area contributed by atoms with E-state index in [9.17, 15) is 8.42 Å². The zero-order chi connectivity index (χ0) is 10.1. The van der Waals surface area contributed by atoms with Crippen LogP contribution in [0.1, 0.15) is 11.3 Å². The maximum absolute atomic E-state index is 10.6. The smallest absolute Gasteiger partial charge is 0.269 e. The first-order chi connectivity index (χ1) is 5.88. The van der Waals surface area contributed by atoms with Gasteiger partial charge in [-0.3, -0.25) is 9.54 Å². The first-order valence-electron chi connectivity index (χ1n) is 3.44. The van der Waals surface area contributed by atoms with Crippen LogP contribution in [-0.4, -0.2) is 18.0 Å². The quantitative estimate of drug-likeness (QED) is 0.824. The van der Waals surface area contributed by atoms with E-state index in [0.29, 0.717) is 15.7 Å². The maximum Gasteiger partial charge on any atom is 0.269 e. The molecule has 0 radical (unpaired) electrons. The fourth-order valence-corrected chi connectivity index (χ4v) is 2.08. The van der Waals surface area contributed by atoms with E-state index < -0.39 is 15.9 Å². The molecule has 13 heavy (non-hydrogen) atoms. The third-order valence-corrected chi connectivity index (χ3v) is 2.80. The summed E-state index contributed by atoms with van der Waals surface area (Å²) >= 11 is 3.15. The van der Waals surface area contributed by atoms with Gasteiger partial charge in [0, 0.05) is 16.4 Å². The SMILES string of the molecule is Cc1cc(CS(=O)(=O)O)c(Br)cn1. The molecule has 1 N–H and O–H groups in total. The predicted molar refractivity (Wildman–Crippen MR) is 51.9 cm³/mol. The average Bonchev–Trinajstić information content (AvgIpc) is 1.94. The van der Waals surface area contributed by atoms with Crippen LogP contribution < -0.4 is 0 Å². The van der Waals surface area contributed by atoms with Gasteiger partial charge in [-0.1, -0.05) is 0 Å². The van der Waals surface area contributed by atoms with E-state index in [2.05, 4.69) is 20.9 Å². The molecule has 0 spiro atoms. The summed E-state index contributed by atoms with van der Waals surface area (Å²) in [5.41, 5.74) is 1.22. The van der Waals surface area contributed by atoms with E-state index in [1.165, 1.54) is 6.20 Å². The summed E-state index contributed by atoms with van der Waals surface area (Å²) < 4.78 is 30.4. The van der Waals surface area contributed by atoms with E-state index >= 15 is 0 Å². The van der Waals surface area contributed by atoms with Crippen LogP contribution in [-0.2, 0) is 15.9 Å². The Balaban J connectivity index is 3.08. The summed E-state index contributed by atoms with van der Waals surface area (Å²) in [5.74, 6) is -0.392. The highest BCUT2D eigenvalue weighted by atomic mass is 79.9. The Hall–Kier alpha value is -0.460. The molecular formula is C7H8BrNO3S. The molecule has 1 heterocycles. The van der Waals surface area contributed by atoms with Gasteiger partial charge in [-0.2, -0.15) is 8.42 Å². The molecule has 0 aromatic carbocycles. The second-order valence-corrected chi connectivity index (χ2v) is 4.95. The molecule has 0 amide bonds. The van der Waals surface area contributed by atoms with Crippen molar-refractivity contribution in [3.8, 4) is 0 Å². The van der Waals surface area contributed by atoms with Crippen molar-refractivity contribution in [2.45, 2.75) is 12.7 Å². The molecule has 0 bridgehead atoms. The van der Waals surface area contributed by atoms with E-state index in [1.807, 2.05) is 0 Å². The molecule has 0 aliphatic rings. The number of aryl methyl sites for hydroxylation is 1. The number of rotatable bonds is 2. The Morgan fingerprint density at radius 1 is 1.62 bits per heavy atom. The minimum atomic E-state index is -3.97. The second kappa shape index (κ2) is 3.73. The first kappa shape index (κ1) is 10.6. The number of hydrogen-bond donors (Lipinski definition) is 1. The zero-order valence-corrected chi connectivity index (χ0v) is 9.26. The molecule has 4 nitrogen and oxygen atoms in total. The zero-order valence-electron chi connectivity index (χ0n) is 6.86. The number of pyridine rings is 1. The fourth-order valence-electron chi connectivity index (χ4n) is 0.907. The van der Waals surface area contributed by atoms with Gasteiger partial charge < -0.3 is 0 Å². The van der Waals surface area contributed by atoms with Gasteiger partial charge in [-0.15, -0.1) is 0 Å². The van der Waals surface area contributed by atoms with Crippen LogP contribution >= 0.6 is 15.9 Å². The van der Waals surface area contributed by atoms with Gasteiger partial charge in [0.1, 0.15) is 5.75 Å². The highest BCUT2D eigenvalue weighted by molar-refractivity contribution is 9.10. The van der Waals surface area contributed by atoms with Gasteiger partial charge in [-0.25, -0.2) is 0 Å². The van der Waals surface area contributed by atoms with E-state index in [0.717, 1.165) is 0 Å². The average molecular weight is 266 g/mol. The van der Waals surface area contributed by atoms with Crippen molar-refractivity contribution < 1.29 is 13.0 Å². The van der Waals surface area contributed by atoms with Crippen molar-refractivity contribution in [2.75, 3.05) is 0 Å². The molecule has 0 saturated carbocycles. The van der Waals surface area contributed by atoms with Crippen molar-refractivity contribution in [1.82, 2.24) is 4.98 Å². The summed E-state index contributed by atoms with van der Waals surface area (Å²) in [4.78, 5) is 3.95. The molecule has 0 fully saturated rings. The van der Waals surface area contributed by atoms with Gasteiger partial charge in [0.15, 0.2) is 0 Å². The summed E-state index contributed by atoms with van der Waals surface area (Å²) in [6, 6.07) is 1.61. The van der Waals surface area contributed by atoms with E-state index in [1.54, 1.807) is 13.0 Å². The fraction of sp³-hybridized carbons (Fsp3) is 0.286. The van der Waals surface area contributed by atoms with Crippen LogP contribution in [0.4, 0.5) is 0 Å². The Morgan fingerprint density at radius 2 is 2.23 bits per heavy atom. The lowest BCUT2D eigenvalue weighted by atomic mass is 10.2. The first-order valence-corrected chi connectivity index (χ1v) is 5.85. The summed E-state index contributed by atoms with van der Waals surface area (Å²) in [5, 5.41) is 0. The van der Waals surface area contributed by atoms with Crippen LogP contribution in [0.5, 0.6) is 0 Å². The number of nitrogens with zero attached hydrogens (tertiary/aromatic N) is 1. The monoisotopic (exact) mass is 265 g/mol. The van der Waals surface area contributed by atoms with Gasteiger partial charge in [0.25, 0.3) is 10.1 Å². The van der Waals surface area contributed by atoms with Crippen molar-refractivity contribution in [1.29, 1.82) is 0 Å². The van der Waals surface area contributed by atoms with E-state index in [4.69, 9.17) is 4.55 Å². The van der Waals surface area contributed by atoms with Crippen LogP contribution in [0.25, 0.3) is 0 Å². The lowest BCUT2D eigenvalue weighted by Gasteiger charge is -2.02.